The Kier molecular flexibility index (Phi) is 4.17. The number of hydrogen-bond donors (Lipinski definition) is 2. The van der Waals surface area contributed by atoms with Gasteiger partial charge in [0.25, 0.3) is 0 Å². The lowest BCUT2D eigenvalue weighted by Gasteiger charge is -2.09. The number of halogens is 1. The summed E-state index contributed by atoms with van der Waals surface area (Å²) in [6.07, 6.45) is 3.68. The van der Waals surface area contributed by atoms with Crippen molar-refractivity contribution in [3.05, 3.63) is 47.2 Å². The van der Waals surface area contributed by atoms with Gasteiger partial charge in [0.2, 0.25) is 0 Å². The van der Waals surface area contributed by atoms with Gasteiger partial charge >= 0.3 is 0 Å². The summed E-state index contributed by atoms with van der Waals surface area (Å²) < 4.78 is 1.86. The first-order valence-corrected chi connectivity index (χ1v) is 6.26. The molecule has 1 aromatic heterocycles. The maximum atomic E-state index is 6.08. The fourth-order valence-electron chi connectivity index (χ4n) is 1.57. The van der Waals surface area contributed by atoms with Crippen molar-refractivity contribution in [2.24, 2.45) is 5.73 Å². The highest BCUT2D eigenvalue weighted by molar-refractivity contribution is 7.80. The van der Waals surface area contributed by atoms with E-state index in [2.05, 4.69) is 10.4 Å². The van der Waals surface area contributed by atoms with Gasteiger partial charge in [-0.2, -0.15) is 5.10 Å². The zero-order chi connectivity index (χ0) is 13.0. The van der Waals surface area contributed by atoms with Crippen LogP contribution in [-0.4, -0.2) is 21.3 Å². The SMILES string of the molecule is NC(=S)c1ccc(NCCn2cccn2)cc1Cl. The highest BCUT2D eigenvalue weighted by Crippen LogP contribution is 2.20. The van der Waals surface area contributed by atoms with Crippen molar-refractivity contribution in [2.45, 2.75) is 6.54 Å². The second-order valence-corrected chi connectivity index (χ2v) is 4.60. The first kappa shape index (κ1) is 12.9. The molecular weight excluding hydrogens is 268 g/mol. The van der Waals surface area contributed by atoms with E-state index in [9.17, 15) is 0 Å². The highest BCUT2D eigenvalue weighted by atomic mass is 35.5. The normalized spacial score (nSPS) is 10.3. The summed E-state index contributed by atoms with van der Waals surface area (Å²) in [6, 6.07) is 7.44. The average Bonchev–Trinajstić information content (AvgIpc) is 2.81. The number of nitrogens with one attached hydrogen (secondary N) is 1. The molecule has 1 heterocycles. The predicted octanol–water partition coefficient (Wildman–Crippen LogP) is 2.28. The molecule has 0 aliphatic carbocycles. The van der Waals surface area contributed by atoms with Crippen LogP contribution in [0.1, 0.15) is 5.56 Å². The van der Waals surface area contributed by atoms with Gasteiger partial charge in [-0.1, -0.05) is 23.8 Å². The van der Waals surface area contributed by atoms with E-state index in [1.54, 1.807) is 6.20 Å². The van der Waals surface area contributed by atoms with Crippen LogP contribution in [-0.2, 0) is 6.54 Å². The lowest BCUT2D eigenvalue weighted by molar-refractivity contribution is 0.638. The van der Waals surface area contributed by atoms with Crippen LogP contribution >= 0.6 is 23.8 Å². The molecule has 2 aromatic rings. The molecule has 18 heavy (non-hydrogen) atoms. The number of rotatable bonds is 5. The van der Waals surface area contributed by atoms with Gasteiger partial charge < -0.3 is 11.1 Å². The van der Waals surface area contributed by atoms with Crippen molar-refractivity contribution in [3.8, 4) is 0 Å². The van der Waals surface area contributed by atoms with Crippen molar-refractivity contribution in [1.29, 1.82) is 0 Å². The molecule has 1 aromatic carbocycles. The van der Waals surface area contributed by atoms with Gasteiger partial charge in [0.15, 0.2) is 0 Å². The van der Waals surface area contributed by atoms with Gasteiger partial charge in [-0.3, -0.25) is 4.68 Å². The summed E-state index contributed by atoms with van der Waals surface area (Å²) >= 11 is 11.0. The summed E-state index contributed by atoms with van der Waals surface area (Å²) in [5.74, 6) is 0. The van der Waals surface area contributed by atoms with Crippen molar-refractivity contribution >= 4 is 34.5 Å². The Bertz CT molecular complexity index is 539. The van der Waals surface area contributed by atoms with Crippen molar-refractivity contribution in [2.75, 3.05) is 11.9 Å². The molecule has 2 rings (SSSR count). The predicted molar refractivity (Wildman–Crippen MR) is 78.1 cm³/mol. The third-order valence-electron chi connectivity index (χ3n) is 2.46. The topological polar surface area (TPSA) is 55.9 Å². The van der Waals surface area contributed by atoms with Crippen LogP contribution in [0.2, 0.25) is 5.02 Å². The Morgan fingerprint density at radius 3 is 2.94 bits per heavy atom. The Morgan fingerprint density at radius 1 is 1.50 bits per heavy atom. The van der Waals surface area contributed by atoms with Crippen LogP contribution in [0.3, 0.4) is 0 Å². The third kappa shape index (κ3) is 3.21. The summed E-state index contributed by atoms with van der Waals surface area (Å²) in [7, 11) is 0. The van der Waals surface area contributed by atoms with E-state index in [4.69, 9.17) is 29.6 Å². The van der Waals surface area contributed by atoms with Crippen molar-refractivity contribution in [1.82, 2.24) is 9.78 Å². The number of nitrogens with two attached hydrogens (primary N) is 1. The molecule has 0 fully saturated rings. The van der Waals surface area contributed by atoms with Crippen LogP contribution in [0.4, 0.5) is 5.69 Å². The van der Waals surface area contributed by atoms with E-state index in [1.807, 2.05) is 35.1 Å². The summed E-state index contributed by atoms with van der Waals surface area (Å²) in [5, 5.41) is 7.94. The van der Waals surface area contributed by atoms with E-state index in [0.29, 0.717) is 15.6 Å². The molecule has 4 nitrogen and oxygen atoms in total. The third-order valence-corrected chi connectivity index (χ3v) is 3.00. The minimum Gasteiger partial charge on any atom is -0.389 e. The van der Waals surface area contributed by atoms with E-state index in [-0.39, 0.29) is 0 Å². The Hall–Kier alpha value is -1.59. The standard InChI is InChI=1S/C12H13ClN4S/c13-11-8-9(2-3-10(11)12(14)18)15-5-7-17-6-1-4-16-17/h1-4,6,8,15H,5,7H2,(H2,14,18). The molecule has 6 heteroatoms. The molecule has 0 spiro atoms. The van der Waals surface area contributed by atoms with Gasteiger partial charge in [-0.05, 0) is 24.3 Å². The monoisotopic (exact) mass is 280 g/mol. The molecule has 94 valence electrons. The van der Waals surface area contributed by atoms with Crippen LogP contribution < -0.4 is 11.1 Å². The molecule has 0 amide bonds. The second-order valence-electron chi connectivity index (χ2n) is 3.75. The summed E-state index contributed by atoms with van der Waals surface area (Å²) in [5.41, 5.74) is 7.18. The maximum absolute atomic E-state index is 6.08. The Balaban J connectivity index is 1.94. The average molecular weight is 281 g/mol. The molecule has 0 bridgehead atoms. The lowest BCUT2D eigenvalue weighted by atomic mass is 10.2. The van der Waals surface area contributed by atoms with Gasteiger partial charge in [0.05, 0.1) is 11.6 Å². The van der Waals surface area contributed by atoms with Gasteiger partial charge in [-0.25, -0.2) is 0 Å². The molecule has 3 N–H and O–H groups in total. The number of nitrogens with zero attached hydrogens (tertiary/aromatic N) is 2. The number of hydrogen-bond acceptors (Lipinski definition) is 3. The Labute approximate surface area is 116 Å². The number of thiocarbonyl (C=S) groups is 1. The Morgan fingerprint density at radius 2 is 2.33 bits per heavy atom. The fourth-order valence-corrected chi connectivity index (χ4v) is 2.09. The molecule has 0 saturated heterocycles. The molecule has 0 aliphatic heterocycles. The lowest BCUT2D eigenvalue weighted by Crippen LogP contribution is -2.12. The van der Waals surface area contributed by atoms with E-state index >= 15 is 0 Å². The highest BCUT2D eigenvalue weighted by Gasteiger charge is 2.03. The smallest absolute Gasteiger partial charge is 0.105 e. The molecule has 0 unspecified atom stereocenters. The quantitative estimate of drug-likeness (QED) is 0.825. The zero-order valence-electron chi connectivity index (χ0n) is 9.64. The maximum Gasteiger partial charge on any atom is 0.105 e. The largest absolute Gasteiger partial charge is 0.389 e. The molecule has 0 atom stereocenters. The molecule has 0 aliphatic rings. The van der Waals surface area contributed by atoms with E-state index < -0.39 is 0 Å². The number of anilines is 1. The van der Waals surface area contributed by atoms with Crippen LogP contribution in [0.15, 0.2) is 36.7 Å². The van der Waals surface area contributed by atoms with Gasteiger partial charge in [-0.15, -0.1) is 0 Å². The molecular formula is C12H13ClN4S. The van der Waals surface area contributed by atoms with E-state index in [0.717, 1.165) is 18.8 Å². The summed E-state index contributed by atoms with van der Waals surface area (Å²) in [4.78, 5) is 0.308. The van der Waals surface area contributed by atoms with Crippen LogP contribution in [0.25, 0.3) is 0 Å². The first-order valence-electron chi connectivity index (χ1n) is 5.47. The minimum absolute atomic E-state index is 0.308. The first-order chi connectivity index (χ1) is 8.66. The second kappa shape index (κ2) is 5.84. The van der Waals surface area contributed by atoms with Crippen LogP contribution in [0, 0.1) is 0 Å². The molecule has 0 saturated carbocycles. The van der Waals surface area contributed by atoms with Gasteiger partial charge in [0, 0.05) is 30.2 Å². The zero-order valence-corrected chi connectivity index (χ0v) is 11.2. The van der Waals surface area contributed by atoms with Gasteiger partial charge in [0.1, 0.15) is 4.99 Å². The van der Waals surface area contributed by atoms with Crippen LogP contribution in [0.5, 0.6) is 0 Å². The number of benzene rings is 1. The number of aromatic nitrogens is 2. The minimum atomic E-state index is 0.308. The fraction of sp³-hybridized carbons (Fsp3) is 0.167. The van der Waals surface area contributed by atoms with E-state index in [1.165, 1.54) is 0 Å². The van der Waals surface area contributed by atoms with Crippen molar-refractivity contribution < 1.29 is 0 Å². The van der Waals surface area contributed by atoms with Crippen molar-refractivity contribution in [3.63, 3.8) is 0 Å². The summed E-state index contributed by atoms with van der Waals surface area (Å²) in [6.45, 7) is 1.56. The molecule has 0 radical (unpaired) electrons.